The van der Waals surface area contributed by atoms with E-state index in [1.165, 1.54) is 14.9 Å². The maximum atomic E-state index is 3.79. The normalized spacial score (nSPS) is 12.7. The summed E-state index contributed by atoms with van der Waals surface area (Å²) in [6.07, 6.45) is 5.41. The van der Waals surface area contributed by atoms with Gasteiger partial charge in [-0.1, -0.05) is 13.0 Å². The van der Waals surface area contributed by atoms with Crippen molar-refractivity contribution in [3.05, 3.63) is 32.5 Å². The molecule has 0 fully saturated rings. The van der Waals surface area contributed by atoms with Crippen LogP contribution in [0.25, 0.3) is 0 Å². The molecular weight excluding hydrogens is 317 g/mol. The number of halogens is 1. The van der Waals surface area contributed by atoms with Crippen molar-refractivity contribution >= 4 is 33.9 Å². The van der Waals surface area contributed by atoms with E-state index in [0.29, 0.717) is 6.04 Å². The fraction of sp³-hybridized carbons (Fsp3) is 0.500. The van der Waals surface area contributed by atoms with Gasteiger partial charge in [0.1, 0.15) is 0 Å². The van der Waals surface area contributed by atoms with Crippen LogP contribution in [0.4, 0.5) is 0 Å². The second kappa shape index (κ2) is 7.41. The molecule has 1 atom stereocenters. The zero-order valence-electron chi connectivity index (χ0n) is 9.13. The third kappa shape index (κ3) is 4.66. The number of rotatable bonds is 7. The zero-order chi connectivity index (χ0) is 11.1. The van der Waals surface area contributed by atoms with Crippen LogP contribution in [0.3, 0.4) is 0 Å². The Morgan fingerprint density at radius 2 is 2.47 bits per heavy atom. The topological polar surface area (TPSA) is 12.0 Å². The Kier molecular flexibility index (Phi) is 6.52. The van der Waals surface area contributed by atoms with Gasteiger partial charge >= 0.3 is 0 Å². The first-order chi connectivity index (χ1) is 7.27. The highest BCUT2D eigenvalue weighted by molar-refractivity contribution is 14.1. The molecule has 0 spiro atoms. The van der Waals surface area contributed by atoms with Gasteiger partial charge in [-0.25, -0.2) is 0 Å². The molecule has 1 nitrogen and oxygen atoms in total. The lowest BCUT2D eigenvalue weighted by atomic mass is 10.1. The molecule has 0 bridgehead atoms. The average Bonchev–Trinajstić information content (AvgIpc) is 2.65. The summed E-state index contributed by atoms with van der Waals surface area (Å²) >= 11 is 4.20. The van der Waals surface area contributed by atoms with Crippen molar-refractivity contribution in [1.82, 2.24) is 5.32 Å². The predicted molar refractivity (Wildman–Crippen MR) is 77.5 cm³/mol. The van der Waals surface area contributed by atoms with Crippen LogP contribution in [0.2, 0.25) is 0 Å². The molecule has 0 saturated carbocycles. The first-order valence-corrected chi connectivity index (χ1v) is 7.32. The number of nitrogens with one attached hydrogen (secondary N) is 1. The van der Waals surface area contributed by atoms with Gasteiger partial charge in [-0.3, -0.25) is 0 Å². The van der Waals surface area contributed by atoms with Crippen molar-refractivity contribution in [3.63, 3.8) is 0 Å². The average molecular weight is 335 g/mol. The van der Waals surface area contributed by atoms with Crippen LogP contribution in [-0.4, -0.2) is 6.54 Å². The van der Waals surface area contributed by atoms with Crippen LogP contribution in [0.15, 0.2) is 24.1 Å². The van der Waals surface area contributed by atoms with Gasteiger partial charge in [-0.15, -0.1) is 17.9 Å². The summed E-state index contributed by atoms with van der Waals surface area (Å²) in [5.41, 5.74) is 1.43. The number of allylic oxidation sites excluding steroid dienone is 1. The van der Waals surface area contributed by atoms with Crippen LogP contribution >= 0.6 is 33.9 Å². The van der Waals surface area contributed by atoms with E-state index in [4.69, 9.17) is 0 Å². The number of thiophene rings is 1. The maximum Gasteiger partial charge on any atom is 0.0656 e. The third-order valence-electron chi connectivity index (χ3n) is 2.29. The van der Waals surface area contributed by atoms with Crippen molar-refractivity contribution in [2.45, 2.75) is 32.2 Å². The molecule has 0 aliphatic rings. The van der Waals surface area contributed by atoms with Gasteiger partial charge in [0, 0.05) is 6.04 Å². The van der Waals surface area contributed by atoms with E-state index in [1.807, 2.05) is 17.4 Å². The summed E-state index contributed by atoms with van der Waals surface area (Å²) < 4.78 is 1.37. The molecule has 1 aromatic rings. The largest absolute Gasteiger partial charge is 0.310 e. The van der Waals surface area contributed by atoms with E-state index in [2.05, 4.69) is 52.9 Å². The summed E-state index contributed by atoms with van der Waals surface area (Å²) in [7, 11) is 0. The second-order valence-corrected chi connectivity index (χ2v) is 6.36. The molecular formula is C12H18INS. The van der Waals surface area contributed by atoms with E-state index in [0.717, 1.165) is 19.4 Å². The van der Waals surface area contributed by atoms with Gasteiger partial charge in [-0.2, -0.15) is 0 Å². The molecule has 1 aromatic heterocycles. The number of hydrogen-bond acceptors (Lipinski definition) is 2. The molecule has 15 heavy (non-hydrogen) atoms. The van der Waals surface area contributed by atoms with Gasteiger partial charge in [-0.05, 0) is 65.4 Å². The second-order valence-electron chi connectivity index (χ2n) is 3.56. The lowest BCUT2D eigenvalue weighted by molar-refractivity contribution is 0.504. The molecule has 84 valence electrons. The highest BCUT2D eigenvalue weighted by atomic mass is 127. The van der Waals surface area contributed by atoms with Crippen LogP contribution in [0.1, 0.15) is 37.8 Å². The fourth-order valence-electron chi connectivity index (χ4n) is 1.50. The van der Waals surface area contributed by atoms with Crippen LogP contribution < -0.4 is 5.32 Å². The van der Waals surface area contributed by atoms with Crippen LogP contribution in [-0.2, 0) is 0 Å². The van der Waals surface area contributed by atoms with Gasteiger partial charge in [0.25, 0.3) is 0 Å². The summed E-state index contributed by atoms with van der Waals surface area (Å²) in [4.78, 5) is 0. The van der Waals surface area contributed by atoms with Crippen molar-refractivity contribution < 1.29 is 0 Å². The molecule has 1 unspecified atom stereocenters. The summed E-state index contributed by atoms with van der Waals surface area (Å²) in [5.74, 6) is 0. The summed E-state index contributed by atoms with van der Waals surface area (Å²) in [6.45, 7) is 7.08. The molecule has 0 radical (unpaired) electrons. The zero-order valence-corrected chi connectivity index (χ0v) is 12.1. The van der Waals surface area contributed by atoms with E-state index in [1.54, 1.807) is 0 Å². The van der Waals surface area contributed by atoms with Crippen molar-refractivity contribution in [3.8, 4) is 0 Å². The highest BCUT2D eigenvalue weighted by Gasteiger charge is 2.10. The van der Waals surface area contributed by atoms with Crippen molar-refractivity contribution in [2.75, 3.05) is 6.54 Å². The minimum absolute atomic E-state index is 0.503. The predicted octanol–water partition coefficient (Wildman–Crippen LogP) is 4.36. The highest BCUT2D eigenvalue weighted by Crippen LogP contribution is 2.25. The quantitative estimate of drug-likeness (QED) is 0.577. The standard InChI is InChI=1S/C12H18INS/c1-3-5-6-11(14-7-4-2)10-8-12(13)15-9-10/h3,8-9,11,14H,1,4-7H2,2H3. The Morgan fingerprint density at radius 1 is 1.67 bits per heavy atom. The van der Waals surface area contributed by atoms with E-state index in [-0.39, 0.29) is 0 Å². The molecule has 1 heterocycles. The molecule has 1 rings (SSSR count). The minimum atomic E-state index is 0.503. The van der Waals surface area contributed by atoms with Crippen molar-refractivity contribution in [1.29, 1.82) is 0 Å². The molecule has 0 amide bonds. The maximum absolute atomic E-state index is 3.79. The molecule has 0 aliphatic heterocycles. The van der Waals surface area contributed by atoms with Crippen LogP contribution in [0, 0.1) is 2.88 Å². The Balaban J connectivity index is 2.58. The van der Waals surface area contributed by atoms with Gasteiger partial charge in [0.15, 0.2) is 0 Å². The Bertz CT molecular complexity index is 296. The smallest absolute Gasteiger partial charge is 0.0656 e. The Morgan fingerprint density at radius 3 is 3.00 bits per heavy atom. The third-order valence-corrected chi connectivity index (χ3v) is 4.10. The van der Waals surface area contributed by atoms with E-state index >= 15 is 0 Å². The first kappa shape index (κ1) is 13.2. The summed E-state index contributed by atoms with van der Waals surface area (Å²) in [6, 6.07) is 2.78. The van der Waals surface area contributed by atoms with Gasteiger partial charge in [0.2, 0.25) is 0 Å². The fourth-order valence-corrected chi connectivity index (χ4v) is 2.92. The molecule has 1 N–H and O–H groups in total. The SMILES string of the molecule is C=CCCC(NCCC)c1csc(I)c1. The Hall–Kier alpha value is 0.130. The van der Waals surface area contributed by atoms with Crippen LogP contribution in [0.5, 0.6) is 0 Å². The molecule has 0 aromatic carbocycles. The lowest BCUT2D eigenvalue weighted by Gasteiger charge is -2.16. The number of hydrogen-bond donors (Lipinski definition) is 1. The minimum Gasteiger partial charge on any atom is -0.310 e. The monoisotopic (exact) mass is 335 g/mol. The Labute approximate surface area is 110 Å². The van der Waals surface area contributed by atoms with Crippen molar-refractivity contribution in [2.24, 2.45) is 0 Å². The van der Waals surface area contributed by atoms with Gasteiger partial charge in [0.05, 0.1) is 2.88 Å². The molecule has 0 aliphatic carbocycles. The molecule has 3 heteroatoms. The first-order valence-electron chi connectivity index (χ1n) is 5.36. The lowest BCUT2D eigenvalue weighted by Crippen LogP contribution is -2.21. The van der Waals surface area contributed by atoms with E-state index in [9.17, 15) is 0 Å². The summed E-state index contributed by atoms with van der Waals surface area (Å²) in [5, 5.41) is 5.85. The molecule has 0 saturated heterocycles. The van der Waals surface area contributed by atoms with E-state index < -0.39 is 0 Å². The van der Waals surface area contributed by atoms with Gasteiger partial charge < -0.3 is 5.32 Å².